The predicted octanol–water partition coefficient (Wildman–Crippen LogP) is 4.51. The molecule has 2 aromatic rings. The van der Waals surface area contributed by atoms with E-state index < -0.39 is 16.6 Å². The minimum Gasteiger partial charge on any atom is -0.321 e. The number of benzene rings is 2. The zero-order valence-corrected chi connectivity index (χ0v) is 13.4. The van der Waals surface area contributed by atoms with Crippen LogP contribution in [0.15, 0.2) is 45.3 Å². The van der Waals surface area contributed by atoms with Crippen molar-refractivity contribution in [2.24, 2.45) is 0 Å². The van der Waals surface area contributed by atoms with E-state index in [4.69, 9.17) is 0 Å². The third-order valence-corrected chi connectivity index (χ3v) is 3.65. The lowest BCUT2D eigenvalue weighted by atomic mass is 10.2. The number of hydrogen-bond donors (Lipinski definition) is 1. The summed E-state index contributed by atoms with van der Waals surface area (Å²) in [5.74, 6) is -0.982. The Morgan fingerprint density at radius 3 is 2.52 bits per heavy atom. The van der Waals surface area contributed by atoms with E-state index in [1.54, 1.807) is 0 Å². The van der Waals surface area contributed by atoms with Crippen molar-refractivity contribution in [1.82, 2.24) is 0 Å². The molecule has 0 heterocycles. The molecule has 5 nitrogen and oxygen atoms in total. The van der Waals surface area contributed by atoms with Crippen LogP contribution >= 0.6 is 31.9 Å². The number of rotatable bonds is 3. The second-order valence-corrected chi connectivity index (χ2v) is 5.80. The highest BCUT2D eigenvalue weighted by atomic mass is 79.9. The van der Waals surface area contributed by atoms with Crippen molar-refractivity contribution in [2.45, 2.75) is 0 Å². The summed E-state index contributed by atoms with van der Waals surface area (Å²) in [6, 6.07) is 7.72. The van der Waals surface area contributed by atoms with E-state index in [2.05, 4.69) is 37.2 Å². The number of non-ortho nitro benzene ring substituents is 1. The van der Waals surface area contributed by atoms with E-state index in [9.17, 15) is 19.3 Å². The number of amides is 1. The maximum absolute atomic E-state index is 13.0. The zero-order chi connectivity index (χ0) is 15.6. The Morgan fingerprint density at radius 2 is 1.90 bits per heavy atom. The van der Waals surface area contributed by atoms with Crippen molar-refractivity contribution in [1.29, 1.82) is 0 Å². The number of nitro groups is 1. The van der Waals surface area contributed by atoms with Crippen molar-refractivity contribution >= 4 is 49.1 Å². The first kappa shape index (κ1) is 15.6. The minimum atomic E-state index is -0.588. The first-order chi connectivity index (χ1) is 9.86. The van der Waals surface area contributed by atoms with Gasteiger partial charge in [0.15, 0.2) is 0 Å². The predicted molar refractivity (Wildman–Crippen MR) is 82.8 cm³/mol. The number of halogens is 3. The lowest BCUT2D eigenvalue weighted by Gasteiger charge is -2.08. The van der Waals surface area contributed by atoms with Crippen molar-refractivity contribution in [3.05, 3.63) is 66.8 Å². The van der Waals surface area contributed by atoms with E-state index >= 15 is 0 Å². The van der Waals surface area contributed by atoms with E-state index in [0.717, 1.165) is 6.07 Å². The molecule has 108 valence electrons. The molecular formula is C13H7Br2FN2O3. The molecule has 0 aliphatic heterocycles. The number of nitro benzene ring substituents is 1. The maximum atomic E-state index is 13.0. The van der Waals surface area contributed by atoms with Crippen LogP contribution in [0.1, 0.15) is 10.4 Å². The fraction of sp³-hybridized carbons (Fsp3) is 0. The topological polar surface area (TPSA) is 72.2 Å². The van der Waals surface area contributed by atoms with Gasteiger partial charge >= 0.3 is 0 Å². The smallest absolute Gasteiger partial charge is 0.271 e. The summed E-state index contributed by atoms with van der Waals surface area (Å²) < 4.78 is 13.8. The summed E-state index contributed by atoms with van der Waals surface area (Å²) in [5.41, 5.74) is 0.282. The van der Waals surface area contributed by atoms with Crippen LogP contribution in [-0.4, -0.2) is 10.8 Å². The van der Waals surface area contributed by atoms with E-state index in [1.165, 1.54) is 30.3 Å². The fourth-order valence-corrected chi connectivity index (χ4v) is 2.53. The number of nitrogens with one attached hydrogen (secondary N) is 1. The second-order valence-electron chi connectivity index (χ2n) is 4.03. The third kappa shape index (κ3) is 3.85. The molecule has 0 saturated carbocycles. The summed E-state index contributed by atoms with van der Waals surface area (Å²) in [4.78, 5) is 22.3. The quantitative estimate of drug-likeness (QED) is 0.589. The van der Waals surface area contributed by atoms with Gasteiger partial charge in [-0.15, -0.1) is 0 Å². The van der Waals surface area contributed by atoms with Gasteiger partial charge in [0.05, 0.1) is 10.6 Å². The fourth-order valence-electron chi connectivity index (χ4n) is 1.60. The molecule has 2 rings (SSSR count). The molecule has 8 heteroatoms. The van der Waals surface area contributed by atoms with Gasteiger partial charge in [0.1, 0.15) is 5.82 Å². The summed E-state index contributed by atoms with van der Waals surface area (Å²) in [5, 5.41) is 13.3. The average Bonchev–Trinajstić information content (AvgIpc) is 2.41. The van der Waals surface area contributed by atoms with Crippen LogP contribution in [0.3, 0.4) is 0 Å². The SMILES string of the molecule is O=C(Nc1ccc(F)cc1Br)c1cc(Br)cc([N+](=O)[O-])c1. The van der Waals surface area contributed by atoms with Crippen LogP contribution < -0.4 is 5.32 Å². The number of nitrogens with zero attached hydrogens (tertiary/aromatic N) is 1. The molecule has 0 aromatic heterocycles. The summed E-state index contributed by atoms with van der Waals surface area (Å²) in [6.07, 6.45) is 0. The molecule has 1 amide bonds. The highest BCUT2D eigenvalue weighted by Gasteiger charge is 2.15. The maximum Gasteiger partial charge on any atom is 0.271 e. The Bertz CT molecular complexity index is 737. The molecule has 0 saturated heterocycles. The molecular weight excluding hydrogens is 411 g/mol. The molecule has 0 fully saturated rings. The monoisotopic (exact) mass is 416 g/mol. The molecule has 0 aliphatic carbocycles. The van der Waals surface area contributed by atoms with Gasteiger partial charge < -0.3 is 5.32 Å². The molecule has 0 spiro atoms. The third-order valence-electron chi connectivity index (χ3n) is 2.53. The number of carbonyl (C=O) groups excluding carboxylic acids is 1. The van der Waals surface area contributed by atoms with Gasteiger partial charge in [-0.25, -0.2) is 4.39 Å². The van der Waals surface area contributed by atoms with Crippen LogP contribution in [0, 0.1) is 15.9 Å². The van der Waals surface area contributed by atoms with Gasteiger partial charge in [-0.1, -0.05) is 15.9 Å². The van der Waals surface area contributed by atoms with E-state index in [-0.39, 0.29) is 11.3 Å². The highest BCUT2D eigenvalue weighted by molar-refractivity contribution is 9.10. The normalized spacial score (nSPS) is 10.2. The van der Waals surface area contributed by atoms with E-state index in [1.807, 2.05) is 0 Å². The Morgan fingerprint density at radius 1 is 1.19 bits per heavy atom. The molecule has 21 heavy (non-hydrogen) atoms. The first-order valence-corrected chi connectivity index (χ1v) is 7.17. The summed E-state index contributed by atoms with van der Waals surface area (Å²) in [6.45, 7) is 0. The number of anilines is 1. The van der Waals surface area contributed by atoms with Gasteiger partial charge in [0.25, 0.3) is 11.6 Å². The molecule has 0 atom stereocenters. The Labute approximate surface area is 135 Å². The molecule has 0 bridgehead atoms. The first-order valence-electron chi connectivity index (χ1n) is 5.58. The largest absolute Gasteiger partial charge is 0.321 e. The highest BCUT2D eigenvalue weighted by Crippen LogP contribution is 2.25. The van der Waals surface area contributed by atoms with Gasteiger partial charge in [0, 0.05) is 26.6 Å². The van der Waals surface area contributed by atoms with Crippen LogP contribution in [0.4, 0.5) is 15.8 Å². The van der Waals surface area contributed by atoms with Crippen LogP contribution in [0.25, 0.3) is 0 Å². The summed E-state index contributed by atoms with van der Waals surface area (Å²) in [7, 11) is 0. The van der Waals surface area contributed by atoms with Gasteiger partial charge in [0.2, 0.25) is 0 Å². The minimum absolute atomic E-state index is 0.118. The second kappa shape index (κ2) is 6.31. The van der Waals surface area contributed by atoms with Gasteiger partial charge in [-0.3, -0.25) is 14.9 Å². The lowest BCUT2D eigenvalue weighted by Crippen LogP contribution is -2.12. The molecule has 2 aromatic carbocycles. The molecule has 0 radical (unpaired) electrons. The Kier molecular flexibility index (Phi) is 4.69. The Hall–Kier alpha value is -1.80. The molecule has 0 aliphatic rings. The Balaban J connectivity index is 2.30. The van der Waals surface area contributed by atoms with Crippen LogP contribution in [0.2, 0.25) is 0 Å². The molecule has 1 N–H and O–H groups in total. The summed E-state index contributed by atoms with van der Waals surface area (Å²) >= 11 is 6.24. The van der Waals surface area contributed by atoms with Crippen molar-refractivity contribution < 1.29 is 14.1 Å². The standard InChI is InChI=1S/C13H7Br2FN2O3/c14-8-3-7(4-10(5-8)18(20)21)13(19)17-12-2-1-9(16)6-11(12)15/h1-6H,(H,17,19). The number of hydrogen-bond acceptors (Lipinski definition) is 3. The lowest BCUT2D eigenvalue weighted by molar-refractivity contribution is -0.384. The number of carbonyl (C=O) groups is 1. The van der Waals surface area contributed by atoms with Crippen LogP contribution in [0.5, 0.6) is 0 Å². The zero-order valence-electron chi connectivity index (χ0n) is 10.3. The van der Waals surface area contributed by atoms with Crippen molar-refractivity contribution in [3.8, 4) is 0 Å². The molecule has 0 unspecified atom stereocenters. The average molecular weight is 418 g/mol. The van der Waals surface area contributed by atoms with Crippen molar-refractivity contribution in [2.75, 3.05) is 5.32 Å². The van der Waals surface area contributed by atoms with Crippen molar-refractivity contribution in [3.63, 3.8) is 0 Å². The van der Waals surface area contributed by atoms with Crippen LogP contribution in [-0.2, 0) is 0 Å². The van der Waals surface area contributed by atoms with Gasteiger partial charge in [-0.2, -0.15) is 0 Å². The van der Waals surface area contributed by atoms with Gasteiger partial charge in [-0.05, 0) is 40.2 Å². The van der Waals surface area contributed by atoms with E-state index in [0.29, 0.717) is 14.6 Å².